The van der Waals surface area contributed by atoms with E-state index in [4.69, 9.17) is 0 Å². The monoisotopic (exact) mass is 240 g/mol. The maximum atomic E-state index is 2.23. The second-order valence-electron chi connectivity index (χ2n) is 2.47. The van der Waals surface area contributed by atoms with Crippen molar-refractivity contribution in [3.8, 4) is 0 Å². The van der Waals surface area contributed by atoms with Crippen molar-refractivity contribution in [2.45, 2.75) is 17.8 Å². The Labute approximate surface area is 75.7 Å². The number of rotatable bonds is 2. The first kappa shape index (κ1) is 8.12. The van der Waals surface area contributed by atoms with E-state index < -0.39 is 0 Å². The van der Waals surface area contributed by atoms with Crippen LogP contribution in [0.15, 0.2) is 24.3 Å². The van der Waals surface area contributed by atoms with E-state index in [1.165, 1.54) is 44.5 Å². The van der Waals surface area contributed by atoms with Crippen LogP contribution in [0.4, 0.5) is 0 Å². The molecule has 1 rings (SSSR count). The maximum absolute atomic E-state index is 2.23. The quantitative estimate of drug-likeness (QED) is 0.691. The summed E-state index contributed by atoms with van der Waals surface area (Å²) in [6, 6.07) is 8.64. The van der Waals surface area contributed by atoms with Crippen LogP contribution in [0.5, 0.6) is 0 Å². The zero-order valence-electron chi connectivity index (χ0n) is 6.30. The fourth-order valence-electron chi connectivity index (χ4n) is 1.05. The zero-order valence-corrected chi connectivity index (χ0v) is 9.60. The summed E-state index contributed by atoms with van der Waals surface area (Å²) in [6.07, 6.45) is 1.27. The molecule has 0 atom stereocenters. The van der Waals surface area contributed by atoms with Crippen LogP contribution < -0.4 is 0 Å². The van der Waals surface area contributed by atoms with E-state index in [1.54, 1.807) is 0 Å². The van der Waals surface area contributed by atoms with E-state index in [9.17, 15) is 0 Å². The van der Waals surface area contributed by atoms with Gasteiger partial charge in [-0.1, -0.05) is 0 Å². The van der Waals surface area contributed by atoms with Gasteiger partial charge in [-0.15, -0.1) is 0 Å². The van der Waals surface area contributed by atoms with Crippen LogP contribution in [-0.4, -0.2) is 22.5 Å². The molecule has 0 nitrogen and oxygen atoms in total. The molecule has 0 bridgehead atoms. The molecule has 1 aromatic carbocycles. The average Bonchev–Trinajstić information content (AvgIpc) is 1.94. The van der Waals surface area contributed by atoms with Crippen LogP contribution in [0.3, 0.4) is 0 Å². The Morgan fingerprint density at radius 1 is 1.30 bits per heavy atom. The molecule has 1 aromatic rings. The number of hydrogen-bond donors (Lipinski definition) is 0. The van der Waals surface area contributed by atoms with Crippen LogP contribution in [-0.2, 0) is 6.42 Å². The van der Waals surface area contributed by atoms with Crippen LogP contribution >= 0.6 is 0 Å². The van der Waals surface area contributed by atoms with Gasteiger partial charge in [-0.05, 0) is 0 Å². The Kier molecular flexibility index (Phi) is 3.26. The van der Waals surface area contributed by atoms with Gasteiger partial charge in [0, 0.05) is 0 Å². The van der Waals surface area contributed by atoms with Crippen LogP contribution in [0.2, 0.25) is 4.44 Å². The molecule has 2 radical (unpaired) electrons. The molecule has 0 saturated heterocycles. The standard InChI is InChI=1S/C9H11.Sn.H/c1-3-9-7-5-4-6-8(9)2;;/h4-7H,1,3H2,2H3;;. The minimum atomic E-state index is 1.27. The van der Waals surface area contributed by atoms with Crippen LogP contribution in [0.25, 0.3) is 0 Å². The van der Waals surface area contributed by atoms with Gasteiger partial charge in [0.05, 0.1) is 0 Å². The van der Waals surface area contributed by atoms with Crippen molar-refractivity contribution >= 4 is 22.5 Å². The van der Waals surface area contributed by atoms with Crippen molar-refractivity contribution < 1.29 is 0 Å². The third kappa shape index (κ3) is 2.01. The summed E-state index contributed by atoms with van der Waals surface area (Å²) in [5.41, 5.74) is 2.96. The molecular formula is C9H12Sn. The van der Waals surface area contributed by atoms with Crippen molar-refractivity contribution in [2.24, 2.45) is 0 Å². The summed E-state index contributed by atoms with van der Waals surface area (Å²) in [5.74, 6) is 0. The Morgan fingerprint density at radius 3 is 2.60 bits per heavy atom. The Hall–Kier alpha value is 0.0187. The Morgan fingerprint density at radius 2 is 2.00 bits per heavy atom. The predicted octanol–water partition coefficient (Wildman–Crippen LogP) is 1.86. The Balaban J connectivity index is 2.81. The predicted molar refractivity (Wildman–Crippen MR) is 46.8 cm³/mol. The van der Waals surface area contributed by atoms with Crippen molar-refractivity contribution in [2.75, 3.05) is 0 Å². The van der Waals surface area contributed by atoms with E-state index in [-0.39, 0.29) is 0 Å². The van der Waals surface area contributed by atoms with Gasteiger partial charge in [0.25, 0.3) is 0 Å². The SMILES string of the molecule is Cc1ccccc1C[CH2][SnH]. The second kappa shape index (κ2) is 4.01. The first-order valence-corrected chi connectivity index (χ1v) is 5.92. The average molecular weight is 239 g/mol. The summed E-state index contributed by atoms with van der Waals surface area (Å²) < 4.78 is 1.37. The summed E-state index contributed by atoms with van der Waals surface area (Å²) in [4.78, 5) is 0. The topological polar surface area (TPSA) is 0 Å². The third-order valence-corrected chi connectivity index (χ3v) is 2.50. The van der Waals surface area contributed by atoms with E-state index in [2.05, 4.69) is 31.2 Å². The molecule has 0 aliphatic rings. The fourth-order valence-corrected chi connectivity index (χ4v) is 1.93. The van der Waals surface area contributed by atoms with E-state index in [0.717, 1.165) is 0 Å². The van der Waals surface area contributed by atoms with E-state index in [0.29, 0.717) is 0 Å². The summed E-state index contributed by atoms with van der Waals surface area (Å²) >= 11 is 1.38. The van der Waals surface area contributed by atoms with Crippen LogP contribution in [0.1, 0.15) is 11.1 Å². The van der Waals surface area contributed by atoms with Gasteiger partial charge in [0.1, 0.15) is 0 Å². The molecule has 1 heteroatoms. The van der Waals surface area contributed by atoms with Gasteiger partial charge in [-0.2, -0.15) is 0 Å². The number of benzene rings is 1. The molecule has 10 heavy (non-hydrogen) atoms. The first-order valence-electron chi connectivity index (χ1n) is 3.59. The molecule has 0 fully saturated rings. The summed E-state index contributed by atoms with van der Waals surface area (Å²) in [5, 5.41) is 0. The molecular weight excluding hydrogens is 227 g/mol. The third-order valence-electron chi connectivity index (χ3n) is 1.67. The molecule has 0 aliphatic carbocycles. The zero-order chi connectivity index (χ0) is 7.40. The molecule has 0 aliphatic heterocycles. The molecule has 0 saturated carbocycles. The number of aryl methyl sites for hydroxylation is 2. The summed E-state index contributed by atoms with van der Waals surface area (Å²) in [6.45, 7) is 2.19. The normalized spacial score (nSPS) is 9.80. The van der Waals surface area contributed by atoms with Gasteiger partial charge >= 0.3 is 75.7 Å². The molecule has 0 aromatic heterocycles. The van der Waals surface area contributed by atoms with Crippen molar-refractivity contribution in [3.63, 3.8) is 0 Å². The Bertz CT molecular complexity index is 206. The molecule has 0 N–H and O–H groups in total. The number of hydrogen-bond acceptors (Lipinski definition) is 0. The molecule has 0 spiro atoms. The minimum absolute atomic E-state index is 1.27. The van der Waals surface area contributed by atoms with Gasteiger partial charge < -0.3 is 0 Å². The summed E-state index contributed by atoms with van der Waals surface area (Å²) in [7, 11) is 0. The van der Waals surface area contributed by atoms with Crippen molar-refractivity contribution in [3.05, 3.63) is 35.4 Å². The van der Waals surface area contributed by atoms with Crippen molar-refractivity contribution in [1.82, 2.24) is 0 Å². The van der Waals surface area contributed by atoms with Gasteiger partial charge in [0.2, 0.25) is 0 Å². The fraction of sp³-hybridized carbons (Fsp3) is 0.333. The van der Waals surface area contributed by atoms with Crippen molar-refractivity contribution in [1.29, 1.82) is 0 Å². The van der Waals surface area contributed by atoms with E-state index >= 15 is 0 Å². The molecule has 52 valence electrons. The second-order valence-corrected chi connectivity index (χ2v) is 4.11. The van der Waals surface area contributed by atoms with Gasteiger partial charge in [-0.25, -0.2) is 0 Å². The first-order chi connectivity index (χ1) is 4.84. The van der Waals surface area contributed by atoms with Crippen LogP contribution in [0, 0.1) is 6.92 Å². The van der Waals surface area contributed by atoms with E-state index in [1.807, 2.05) is 0 Å². The van der Waals surface area contributed by atoms with Gasteiger partial charge in [-0.3, -0.25) is 0 Å². The molecule has 0 unspecified atom stereocenters. The molecule has 0 amide bonds. The van der Waals surface area contributed by atoms with Gasteiger partial charge in [0.15, 0.2) is 0 Å². The molecule has 0 heterocycles.